The fourth-order valence-electron chi connectivity index (χ4n) is 5.97. The van der Waals surface area contributed by atoms with Gasteiger partial charge in [-0.3, -0.25) is 0 Å². The lowest BCUT2D eigenvalue weighted by molar-refractivity contribution is 1.74. The van der Waals surface area contributed by atoms with E-state index in [0.717, 1.165) is 0 Å². The summed E-state index contributed by atoms with van der Waals surface area (Å²) in [5.74, 6) is 0. The van der Waals surface area contributed by atoms with Crippen molar-refractivity contribution in [3.8, 4) is 0 Å². The Morgan fingerprint density at radius 1 is 0.351 bits per heavy atom. The Morgan fingerprint density at radius 2 is 0.595 bits per heavy atom. The molecule has 0 N–H and O–H groups in total. The first-order chi connectivity index (χ1) is 17.7. The molecule has 1 spiro atoms. The summed E-state index contributed by atoms with van der Waals surface area (Å²) in [6.45, 7) is 7.85. The fraction of sp³-hybridized carbons (Fsp3) is 0.143. The normalized spacial score (nSPS) is 22.2. The minimum Gasteiger partial charge on any atom is -0.188 e. The standard InChI is InChI=1S/C28H32S4Si5/c1-33(2)29-35(25-17-9-5-10-18-25,26-19-11-6-12-20-26)31-37(33)32-36(30-34(37,3)4,27-21-13-7-14-22-27)28-23-15-8-16-24-28/h5-24H,1-4H3. The van der Waals surface area contributed by atoms with Gasteiger partial charge in [0, 0.05) is 0 Å². The molecule has 0 radical (unpaired) electrons. The molecule has 0 saturated carbocycles. The first-order valence-electron chi connectivity index (χ1n) is 12.8. The minimum atomic E-state index is -2.03. The molecule has 0 nitrogen and oxygen atoms in total. The summed E-state index contributed by atoms with van der Waals surface area (Å²) in [5.41, 5.74) is 0. The van der Waals surface area contributed by atoms with Crippen LogP contribution in [-0.4, -0.2) is 31.6 Å². The van der Waals surface area contributed by atoms with Crippen LogP contribution in [-0.2, 0) is 0 Å². The van der Waals surface area contributed by atoms with Crippen LogP contribution in [0.25, 0.3) is 0 Å². The third kappa shape index (κ3) is 4.15. The maximum Gasteiger partial charge on any atom is 0.228 e. The van der Waals surface area contributed by atoms with Crippen molar-refractivity contribution in [1.29, 1.82) is 0 Å². The van der Waals surface area contributed by atoms with Gasteiger partial charge in [-0.2, -0.15) is 42.6 Å². The van der Waals surface area contributed by atoms with Crippen molar-refractivity contribution in [2.75, 3.05) is 0 Å². The topological polar surface area (TPSA) is 0 Å². The van der Waals surface area contributed by atoms with E-state index in [-0.39, 0.29) is 0 Å². The van der Waals surface area contributed by atoms with E-state index < -0.39 is 31.6 Å². The van der Waals surface area contributed by atoms with Crippen molar-refractivity contribution >= 4 is 95.0 Å². The van der Waals surface area contributed by atoms with Crippen molar-refractivity contribution in [3.05, 3.63) is 121 Å². The molecular formula is C28H32S4Si5. The maximum absolute atomic E-state index is 2.78. The molecule has 4 aromatic carbocycles. The third-order valence-corrected chi connectivity index (χ3v) is 139. The molecule has 0 unspecified atom stereocenters. The zero-order valence-electron chi connectivity index (χ0n) is 21.7. The highest BCUT2D eigenvalue weighted by molar-refractivity contribution is 9.12. The zero-order chi connectivity index (χ0) is 25.8. The van der Waals surface area contributed by atoms with Crippen LogP contribution in [0.5, 0.6) is 0 Å². The van der Waals surface area contributed by atoms with Crippen LogP contribution in [0, 0.1) is 0 Å². The molecule has 188 valence electrons. The highest BCUT2D eigenvalue weighted by Crippen LogP contribution is 2.71. The van der Waals surface area contributed by atoms with Gasteiger partial charge < -0.3 is 0 Å². The van der Waals surface area contributed by atoms with Crippen LogP contribution < -0.4 is 20.7 Å². The maximum atomic E-state index is 2.78. The Labute approximate surface area is 240 Å². The molecule has 9 heteroatoms. The van der Waals surface area contributed by atoms with Crippen molar-refractivity contribution < 1.29 is 0 Å². The molecule has 6 rings (SSSR count). The smallest absolute Gasteiger partial charge is 0.188 e. The summed E-state index contributed by atoms with van der Waals surface area (Å²) >= 11 is 0. The van der Waals surface area contributed by atoms with Gasteiger partial charge in [0.15, 0.2) is 5.41 Å². The van der Waals surface area contributed by atoms with Crippen molar-refractivity contribution in [3.63, 3.8) is 0 Å². The average Bonchev–Trinajstić information content (AvgIpc) is 3.34. The number of benzene rings is 4. The first-order valence-corrected chi connectivity index (χ1v) is 35.8. The van der Waals surface area contributed by atoms with Gasteiger partial charge in [0.2, 0.25) is 12.7 Å². The number of hydrogen-bond donors (Lipinski definition) is 0. The van der Waals surface area contributed by atoms with Crippen LogP contribution in [0.15, 0.2) is 121 Å². The zero-order valence-corrected chi connectivity index (χ0v) is 29.9. The number of rotatable bonds is 4. The Balaban J connectivity index is 1.58. The second-order valence-electron chi connectivity index (χ2n) is 10.7. The molecule has 0 amide bonds. The van der Waals surface area contributed by atoms with E-state index in [0.29, 0.717) is 0 Å². The van der Waals surface area contributed by atoms with Crippen LogP contribution in [0.2, 0.25) is 26.2 Å². The molecule has 2 heterocycles. The largest absolute Gasteiger partial charge is 0.228 e. The average molecular weight is 637 g/mol. The Kier molecular flexibility index (Phi) is 7.02. The predicted molar refractivity (Wildman–Crippen MR) is 187 cm³/mol. The molecule has 2 aliphatic rings. The van der Waals surface area contributed by atoms with Gasteiger partial charge in [-0.1, -0.05) is 148 Å². The lowest BCUT2D eigenvalue weighted by Crippen LogP contribution is -2.63. The van der Waals surface area contributed by atoms with E-state index in [4.69, 9.17) is 0 Å². The Hall–Kier alpha value is -0.636. The van der Waals surface area contributed by atoms with Crippen LogP contribution in [0.3, 0.4) is 0 Å². The van der Waals surface area contributed by atoms with Crippen molar-refractivity contribution in [2.45, 2.75) is 26.2 Å². The molecule has 4 aromatic rings. The summed E-state index contributed by atoms with van der Waals surface area (Å²) in [4.78, 5) is 0. The number of hydrogen-bond acceptors (Lipinski definition) is 4. The van der Waals surface area contributed by atoms with E-state index in [1.165, 1.54) is 0 Å². The van der Waals surface area contributed by atoms with Gasteiger partial charge in [0.25, 0.3) is 0 Å². The van der Waals surface area contributed by atoms with Crippen molar-refractivity contribution in [2.24, 2.45) is 0 Å². The molecule has 2 saturated heterocycles. The van der Waals surface area contributed by atoms with E-state index in [2.05, 4.69) is 190 Å². The third-order valence-electron chi connectivity index (χ3n) is 7.57. The van der Waals surface area contributed by atoms with Gasteiger partial charge in [-0.05, 0) is 20.7 Å². The summed E-state index contributed by atoms with van der Waals surface area (Å²) in [5, 5.41) is 4.72. The van der Waals surface area contributed by atoms with E-state index >= 15 is 0 Å². The Bertz CT molecular complexity index is 1200. The summed E-state index contributed by atoms with van der Waals surface area (Å²) < 4.78 is 0. The Morgan fingerprint density at radius 3 is 0.838 bits per heavy atom. The fourth-order valence-corrected chi connectivity index (χ4v) is 253. The van der Waals surface area contributed by atoms with E-state index in [1.54, 1.807) is 20.7 Å². The lowest BCUT2D eigenvalue weighted by atomic mass is 10.4. The highest BCUT2D eigenvalue weighted by atomic mass is 32.9. The molecule has 0 bridgehead atoms. The van der Waals surface area contributed by atoms with Crippen LogP contribution in [0.1, 0.15) is 0 Å². The summed E-state index contributed by atoms with van der Waals surface area (Å²) in [7, 11) is 10.3. The van der Waals surface area contributed by atoms with Crippen LogP contribution >= 0.6 is 42.6 Å². The molecule has 0 aromatic heterocycles. The van der Waals surface area contributed by atoms with Gasteiger partial charge >= 0.3 is 0 Å². The molecular weight excluding hydrogens is 605 g/mol. The molecule has 2 aliphatic heterocycles. The van der Waals surface area contributed by atoms with Gasteiger partial charge in [0.05, 0.1) is 0 Å². The molecule has 2 fully saturated rings. The first kappa shape index (κ1) is 26.6. The second kappa shape index (κ2) is 9.77. The predicted octanol–water partition coefficient (Wildman–Crippen LogP) is 6.47. The minimum absolute atomic E-state index is 1.62. The summed E-state index contributed by atoms with van der Waals surface area (Å²) in [6.07, 6.45) is -4.06. The monoisotopic (exact) mass is 636 g/mol. The summed E-state index contributed by atoms with van der Waals surface area (Å²) in [6, 6.07) is 46.7. The van der Waals surface area contributed by atoms with Gasteiger partial charge in [-0.25, -0.2) is 0 Å². The lowest BCUT2D eigenvalue weighted by Gasteiger charge is -2.40. The van der Waals surface area contributed by atoms with Crippen LogP contribution in [0.4, 0.5) is 0 Å². The molecule has 37 heavy (non-hydrogen) atoms. The second-order valence-corrected chi connectivity index (χ2v) is 72.9. The quantitative estimate of drug-likeness (QED) is 0.236. The van der Waals surface area contributed by atoms with Crippen molar-refractivity contribution in [1.82, 2.24) is 0 Å². The van der Waals surface area contributed by atoms with Gasteiger partial charge in [-0.15, -0.1) is 0 Å². The molecule has 0 aliphatic carbocycles. The van der Waals surface area contributed by atoms with Gasteiger partial charge in [0.1, 0.15) is 13.5 Å². The highest BCUT2D eigenvalue weighted by Gasteiger charge is 2.78. The SMILES string of the molecule is C[Si]1(C)S[Si](c2ccccc2)(c2ccccc2)S[Si]12S[Si](c1ccccc1)(c1ccccc1)S[Si]2(C)C. The molecule has 0 atom stereocenters. The van der Waals surface area contributed by atoms with E-state index in [9.17, 15) is 0 Å². The van der Waals surface area contributed by atoms with E-state index in [1.807, 2.05) is 0 Å².